The summed E-state index contributed by atoms with van der Waals surface area (Å²) < 4.78 is 16.0. The van der Waals surface area contributed by atoms with Gasteiger partial charge in [0.25, 0.3) is 0 Å². The van der Waals surface area contributed by atoms with Crippen LogP contribution in [0.1, 0.15) is 23.9 Å². The van der Waals surface area contributed by atoms with Crippen LogP contribution in [0.2, 0.25) is 0 Å². The minimum absolute atomic E-state index is 0.188. The SMILES string of the molecule is Cn1ccnc1[C@H](NC(=O)CCNc1ncccn1)c1ccccc1F. The van der Waals surface area contributed by atoms with Crippen LogP contribution in [0.4, 0.5) is 10.3 Å². The lowest BCUT2D eigenvalue weighted by atomic mass is 10.1. The predicted molar refractivity (Wildman–Crippen MR) is 94.7 cm³/mol. The van der Waals surface area contributed by atoms with Gasteiger partial charge in [-0.05, 0) is 12.1 Å². The molecule has 0 aliphatic carbocycles. The summed E-state index contributed by atoms with van der Waals surface area (Å²) >= 11 is 0. The minimum Gasteiger partial charge on any atom is -0.354 e. The molecule has 0 aliphatic heterocycles. The van der Waals surface area contributed by atoms with E-state index in [1.165, 1.54) is 6.07 Å². The van der Waals surface area contributed by atoms with Crippen LogP contribution in [-0.4, -0.2) is 32.0 Å². The van der Waals surface area contributed by atoms with Gasteiger partial charge in [-0.3, -0.25) is 4.79 Å². The van der Waals surface area contributed by atoms with Gasteiger partial charge in [0.05, 0.1) is 0 Å². The number of rotatable bonds is 7. The zero-order valence-electron chi connectivity index (χ0n) is 14.3. The molecule has 2 aromatic heterocycles. The van der Waals surface area contributed by atoms with E-state index in [0.29, 0.717) is 23.9 Å². The second-order valence-electron chi connectivity index (χ2n) is 5.67. The van der Waals surface area contributed by atoms with Crippen molar-refractivity contribution in [1.29, 1.82) is 0 Å². The number of carbonyl (C=O) groups excluding carboxylic acids is 1. The van der Waals surface area contributed by atoms with Gasteiger partial charge in [-0.1, -0.05) is 18.2 Å². The van der Waals surface area contributed by atoms with E-state index in [9.17, 15) is 9.18 Å². The van der Waals surface area contributed by atoms with Crippen LogP contribution in [0.25, 0.3) is 0 Å². The molecule has 0 saturated heterocycles. The third-order valence-corrected chi connectivity index (χ3v) is 3.84. The zero-order valence-corrected chi connectivity index (χ0v) is 14.3. The van der Waals surface area contributed by atoms with Crippen LogP contribution in [0.3, 0.4) is 0 Å². The smallest absolute Gasteiger partial charge is 0.222 e. The van der Waals surface area contributed by atoms with Gasteiger partial charge in [0.2, 0.25) is 11.9 Å². The molecular weight excluding hydrogens is 335 g/mol. The topological polar surface area (TPSA) is 84.7 Å². The summed E-state index contributed by atoms with van der Waals surface area (Å²) in [6, 6.07) is 7.39. The Morgan fingerprint density at radius 2 is 1.92 bits per heavy atom. The first-order chi connectivity index (χ1) is 12.6. The molecule has 0 spiro atoms. The molecule has 8 heteroatoms. The Labute approximate surface area is 150 Å². The summed E-state index contributed by atoms with van der Waals surface area (Å²) in [6.07, 6.45) is 6.79. The van der Waals surface area contributed by atoms with E-state index in [0.717, 1.165) is 0 Å². The normalized spacial score (nSPS) is 11.8. The number of aryl methyl sites for hydroxylation is 1. The van der Waals surface area contributed by atoms with Crippen molar-refractivity contribution >= 4 is 11.9 Å². The Kier molecular flexibility index (Phi) is 5.52. The van der Waals surface area contributed by atoms with E-state index in [-0.39, 0.29) is 12.3 Å². The molecule has 0 fully saturated rings. The first-order valence-electron chi connectivity index (χ1n) is 8.17. The molecule has 0 unspecified atom stereocenters. The van der Waals surface area contributed by atoms with Crippen LogP contribution in [0.5, 0.6) is 0 Å². The second-order valence-corrected chi connectivity index (χ2v) is 5.67. The third-order valence-electron chi connectivity index (χ3n) is 3.84. The fraction of sp³-hybridized carbons (Fsp3) is 0.222. The minimum atomic E-state index is -0.670. The number of hydrogen-bond donors (Lipinski definition) is 2. The molecule has 1 amide bonds. The van der Waals surface area contributed by atoms with Gasteiger partial charge in [0.1, 0.15) is 17.7 Å². The molecule has 0 saturated carbocycles. The molecular formula is C18H19FN6O. The van der Waals surface area contributed by atoms with Crippen LogP contribution >= 0.6 is 0 Å². The van der Waals surface area contributed by atoms with Crippen molar-refractivity contribution in [3.63, 3.8) is 0 Å². The lowest BCUT2D eigenvalue weighted by molar-refractivity contribution is -0.121. The van der Waals surface area contributed by atoms with Crippen molar-refractivity contribution in [3.8, 4) is 0 Å². The molecule has 2 heterocycles. The summed E-state index contributed by atoms with van der Waals surface area (Å²) in [5, 5.41) is 5.83. The van der Waals surface area contributed by atoms with Gasteiger partial charge >= 0.3 is 0 Å². The molecule has 3 aromatic rings. The maximum atomic E-state index is 14.3. The van der Waals surface area contributed by atoms with Gasteiger partial charge in [0, 0.05) is 50.4 Å². The van der Waals surface area contributed by atoms with E-state index in [2.05, 4.69) is 25.6 Å². The van der Waals surface area contributed by atoms with Crippen LogP contribution in [0, 0.1) is 5.82 Å². The number of amides is 1. The molecule has 1 aromatic carbocycles. The molecule has 26 heavy (non-hydrogen) atoms. The Morgan fingerprint density at radius 1 is 1.15 bits per heavy atom. The van der Waals surface area contributed by atoms with Crippen molar-refractivity contribution < 1.29 is 9.18 Å². The molecule has 0 radical (unpaired) electrons. The number of halogens is 1. The quantitative estimate of drug-likeness (QED) is 0.678. The monoisotopic (exact) mass is 354 g/mol. The highest BCUT2D eigenvalue weighted by atomic mass is 19.1. The fourth-order valence-corrected chi connectivity index (χ4v) is 2.56. The number of anilines is 1. The summed E-state index contributed by atoms with van der Waals surface area (Å²) in [4.78, 5) is 24.7. The average molecular weight is 354 g/mol. The van der Waals surface area contributed by atoms with E-state index < -0.39 is 11.9 Å². The number of nitrogens with zero attached hydrogens (tertiary/aromatic N) is 4. The van der Waals surface area contributed by atoms with E-state index >= 15 is 0 Å². The number of carbonyl (C=O) groups is 1. The summed E-state index contributed by atoms with van der Waals surface area (Å²) in [6.45, 7) is 0.362. The van der Waals surface area contributed by atoms with Gasteiger partial charge in [0.15, 0.2) is 0 Å². The van der Waals surface area contributed by atoms with Crippen LogP contribution < -0.4 is 10.6 Å². The van der Waals surface area contributed by atoms with Crippen molar-refractivity contribution in [1.82, 2.24) is 24.8 Å². The highest BCUT2D eigenvalue weighted by Gasteiger charge is 2.23. The number of nitrogens with one attached hydrogen (secondary N) is 2. The lowest BCUT2D eigenvalue weighted by Gasteiger charge is -2.19. The van der Waals surface area contributed by atoms with Gasteiger partial charge in [-0.25, -0.2) is 19.3 Å². The first kappa shape index (κ1) is 17.5. The number of imidazole rings is 1. The second kappa shape index (κ2) is 8.19. The third kappa shape index (κ3) is 4.21. The van der Waals surface area contributed by atoms with Crippen molar-refractivity contribution in [2.24, 2.45) is 7.05 Å². The first-order valence-corrected chi connectivity index (χ1v) is 8.17. The highest BCUT2D eigenvalue weighted by Crippen LogP contribution is 2.23. The summed E-state index contributed by atoms with van der Waals surface area (Å²) in [5.74, 6) is 0.388. The van der Waals surface area contributed by atoms with Crippen molar-refractivity contribution in [2.75, 3.05) is 11.9 Å². The number of hydrogen-bond acceptors (Lipinski definition) is 5. The standard InChI is InChI=1S/C18H19FN6O/c1-25-12-11-20-17(25)16(13-5-2-3-6-14(13)19)24-15(26)7-10-23-18-21-8-4-9-22-18/h2-6,8-9,11-12,16H,7,10H2,1H3,(H,24,26)(H,21,22,23)/t16-/m1/s1. The Morgan fingerprint density at radius 3 is 2.62 bits per heavy atom. The van der Waals surface area contributed by atoms with E-state index in [1.807, 2.05) is 0 Å². The molecule has 3 rings (SSSR count). The maximum absolute atomic E-state index is 14.3. The van der Waals surface area contributed by atoms with E-state index in [1.54, 1.807) is 60.7 Å². The zero-order chi connectivity index (χ0) is 18.4. The molecule has 1 atom stereocenters. The summed E-state index contributed by atoms with van der Waals surface area (Å²) in [5.41, 5.74) is 0.370. The Bertz CT molecular complexity index is 867. The molecule has 7 nitrogen and oxygen atoms in total. The molecule has 2 N–H and O–H groups in total. The summed E-state index contributed by atoms with van der Waals surface area (Å²) in [7, 11) is 1.80. The van der Waals surface area contributed by atoms with Crippen molar-refractivity contribution in [2.45, 2.75) is 12.5 Å². The van der Waals surface area contributed by atoms with Gasteiger partial charge in [-0.2, -0.15) is 0 Å². The number of aromatic nitrogens is 4. The molecule has 134 valence electrons. The Hall–Kier alpha value is -3.29. The van der Waals surface area contributed by atoms with Crippen molar-refractivity contribution in [3.05, 3.63) is 72.3 Å². The van der Waals surface area contributed by atoms with Gasteiger partial charge in [-0.15, -0.1) is 0 Å². The number of benzene rings is 1. The van der Waals surface area contributed by atoms with Crippen LogP contribution in [0.15, 0.2) is 55.1 Å². The molecule has 0 aliphatic rings. The Balaban J connectivity index is 1.69. The highest BCUT2D eigenvalue weighted by molar-refractivity contribution is 5.77. The maximum Gasteiger partial charge on any atom is 0.222 e. The molecule has 0 bridgehead atoms. The average Bonchev–Trinajstić information content (AvgIpc) is 3.07. The van der Waals surface area contributed by atoms with Gasteiger partial charge < -0.3 is 15.2 Å². The van der Waals surface area contributed by atoms with E-state index in [4.69, 9.17) is 0 Å². The fourth-order valence-electron chi connectivity index (χ4n) is 2.56. The largest absolute Gasteiger partial charge is 0.354 e. The van der Waals surface area contributed by atoms with Crippen LogP contribution in [-0.2, 0) is 11.8 Å². The lowest BCUT2D eigenvalue weighted by Crippen LogP contribution is -2.32. The predicted octanol–water partition coefficient (Wildman–Crippen LogP) is 2.06.